The Kier molecular flexibility index (Phi) is 7.63. The van der Waals surface area contributed by atoms with Crippen molar-refractivity contribution in [3.05, 3.63) is 47.5 Å². The maximum absolute atomic E-state index is 13.2. The summed E-state index contributed by atoms with van der Waals surface area (Å²) in [5, 5.41) is 15.9. The molecule has 2 aromatic carbocycles. The first-order valence-electron chi connectivity index (χ1n) is 11.6. The van der Waals surface area contributed by atoms with Gasteiger partial charge in [-0.3, -0.25) is 24.5 Å². The average molecular weight is 517 g/mol. The molecule has 3 rings (SSSR count). The molecule has 0 unspecified atom stereocenters. The van der Waals surface area contributed by atoms with Gasteiger partial charge in [-0.05, 0) is 47.7 Å². The first-order valence-corrected chi connectivity index (χ1v) is 13.2. The Labute approximate surface area is 211 Å². The molecule has 4 amide bonds. The number of urea groups is 1. The fraction of sp³-hybridized carbons (Fsp3) is 0.400. The van der Waals surface area contributed by atoms with Gasteiger partial charge in [-0.15, -0.1) is 0 Å². The van der Waals surface area contributed by atoms with E-state index >= 15 is 0 Å². The number of sulfonamides is 1. The third-order valence-corrected chi connectivity index (χ3v) is 7.13. The first-order chi connectivity index (χ1) is 16.7. The van der Waals surface area contributed by atoms with Crippen molar-refractivity contribution < 1.29 is 27.9 Å². The van der Waals surface area contributed by atoms with Crippen molar-refractivity contribution >= 4 is 44.9 Å². The molecule has 11 heteroatoms. The number of phenolic OH excluding ortho intramolecular Hbond substituents is 1. The van der Waals surface area contributed by atoms with E-state index in [0.717, 1.165) is 0 Å². The van der Waals surface area contributed by atoms with Gasteiger partial charge in [0.15, 0.2) is 0 Å². The molecule has 1 fully saturated rings. The Morgan fingerprint density at radius 2 is 1.72 bits per heavy atom. The molecule has 0 saturated carbocycles. The van der Waals surface area contributed by atoms with Crippen molar-refractivity contribution in [2.45, 2.75) is 46.5 Å². The van der Waals surface area contributed by atoms with Gasteiger partial charge < -0.3 is 10.4 Å². The van der Waals surface area contributed by atoms with Gasteiger partial charge in [0.1, 0.15) is 5.75 Å². The summed E-state index contributed by atoms with van der Waals surface area (Å²) in [5.74, 6) is -1.24. The first kappa shape index (κ1) is 27.0. The minimum atomic E-state index is -3.49. The molecule has 36 heavy (non-hydrogen) atoms. The van der Waals surface area contributed by atoms with Crippen LogP contribution in [0.5, 0.6) is 5.75 Å². The number of nitrogens with zero attached hydrogens (tertiary/aromatic N) is 1. The molecule has 0 radical (unpaired) electrons. The number of amides is 4. The number of hydrogen-bond acceptors (Lipinski definition) is 6. The smallest absolute Gasteiger partial charge is 0.328 e. The summed E-state index contributed by atoms with van der Waals surface area (Å²) in [6, 6.07) is 8.58. The van der Waals surface area contributed by atoms with Gasteiger partial charge >= 0.3 is 6.03 Å². The minimum Gasteiger partial charge on any atom is -0.507 e. The molecule has 0 aromatic heterocycles. The van der Waals surface area contributed by atoms with Crippen molar-refractivity contribution in [3.63, 3.8) is 0 Å². The fourth-order valence-electron chi connectivity index (χ4n) is 3.81. The van der Waals surface area contributed by atoms with Gasteiger partial charge in [0.05, 0.1) is 11.3 Å². The zero-order chi connectivity index (χ0) is 26.8. The van der Waals surface area contributed by atoms with Gasteiger partial charge in [0.2, 0.25) is 15.9 Å². The second-order valence-corrected chi connectivity index (χ2v) is 12.0. The number of rotatable bonds is 7. The van der Waals surface area contributed by atoms with E-state index in [1.54, 1.807) is 18.2 Å². The molecule has 1 aliphatic heterocycles. The molecule has 4 N–H and O–H groups in total. The zero-order valence-corrected chi connectivity index (χ0v) is 21.8. The number of benzene rings is 2. The van der Waals surface area contributed by atoms with Crippen LogP contribution in [0.2, 0.25) is 0 Å². The van der Waals surface area contributed by atoms with Crippen LogP contribution in [0.15, 0.2) is 36.4 Å². The van der Waals surface area contributed by atoms with E-state index in [4.69, 9.17) is 0 Å². The van der Waals surface area contributed by atoms with E-state index in [1.807, 2.05) is 34.6 Å². The number of phenols is 1. The van der Waals surface area contributed by atoms with Crippen LogP contribution in [0.25, 0.3) is 0 Å². The van der Waals surface area contributed by atoms with Crippen LogP contribution in [0, 0.1) is 5.92 Å². The molecular formula is C25H32N4O6S. The van der Waals surface area contributed by atoms with Crippen LogP contribution < -0.4 is 20.3 Å². The van der Waals surface area contributed by atoms with Crippen LogP contribution in [-0.2, 0) is 20.2 Å². The Morgan fingerprint density at radius 1 is 1.11 bits per heavy atom. The van der Waals surface area contributed by atoms with Crippen LogP contribution in [0.4, 0.5) is 21.9 Å². The summed E-state index contributed by atoms with van der Waals surface area (Å²) < 4.78 is 26.8. The van der Waals surface area contributed by atoms with E-state index < -0.39 is 27.4 Å². The highest BCUT2D eigenvalue weighted by molar-refractivity contribution is 7.92. The predicted molar refractivity (Wildman–Crippen MR) is 139 cm³/mol. The maximum atomic E-state index is 13.2. The molecule has 0 bridgehead atoms. The molecule has 194 valence electrons. The summed E-state index contributed by atoms with van der Waals surface area (Å²) in [6.45, 7) is 9.37. The third-order valence-electron chi connectivity index (χ3n) is 5.48. The van der Waals surface area contributed by atoms with Gasteiger partial charge in [-0.1, -0.05) is 34.6 Å². The summed E-state index contributed by atoms with van der Waals surface area (Å²) in [7, 11) is -3.49. The lowest BCUT2D eigenvalue weighted by atomic mass is 9.84. The van der Waals surface area contributed by atoms with E-state index in [2.05, 4.69) is 15.4 Å². The fourth-order valence-corrected chi connectivity index (χ4v) is 5.27. The molecule has 1 heterocycles. The Balaban J connectivity index is 1.88. The van der Waals surface area contributed by atoms with E-state index in [9.17, 15) is 27.9 Å². The average Bonchev–Trinajstić information content (AvgIpc) is 2.73. The molecule has 2 aromatic rings. The number of imide groups is 1. The van der Waals surface area contributed by atoms with Gasteiger partial charge in [0.25, 0.3) is 5.91 Å². The van der Waals surface area contributed by atoms with Crippen molar-refractivity contribution in [2.24, 2.45) is 5.92 Å². The number of carbonyl (C=O) groups excluding carboxylic acids is 3. The normalized spacial score (nSPS) is 14.6. The zero-order valence-electron chi connectivity index (χ0n) is 21.0. The van der Waals surface area contributed by atoms with Crippen LogP contribution in [-0.4, -0.2) is 43.7 Å². The Bertz CT molecular complexity index is 1280. The predicted octanol–water partition coefficient (Wildman–Crippen LogP) is 3.79. The van der Waals surface area contributed by atoms with Gasteiger partial charge in [-0.2, -0.15) is 0 Å². The SMILES string of the molecule is CC(C)CS(=O)(=O)Nc1ccc(NC(=O)c2cc(N3CCC(=O)NC3=O)cc(C(C)(C)C)c2O)cc1. The topological polar surface area (TPSA) is 145 Å². The number of nitrogens with one attached hydrogen (secondary N) is 3. The largest absolute Gasteiger partial charge is 0.507 e. The second-order valence-electron chi connectivity index (χ2n) is 10.2. The summed E-state index contributed by atoms with van der Waals surface area (Å²) in [4.78, 5) is 38.5. The van der Waals surface area contributed by atoms with Crippen LogP contribution >= 0.6 is 0 Å². The number of aromatic hydroxyl groups is 1. The van der Waals surface area contributed by atoms with Crippen LogP contribution in [0.3, 0.4) is 0 Å². The molecule has 1 aliphatic rings. The number of anilines is 3. The molecular weight excluding hydrogens is 484 g/mol. The van der Waals surface area contributed by atoms with E-state index in [-0.39, 0.29) is 41.9 Å². The van der Waals surface area contributed by atoms with Crippen molar-refractivity contribution in [1.29, 1.82) is 0 Å². The second kappa shape index (κ2) is 10.2. The monoisotopic (exact) mass is 516 g/mol. The number of hydrogen-bond donors (Lipinski definition) is 4. The molecule has 0 spiro atoms. The number of carbonyl (C=O) groups is 3. The highest BCUT2D eigenvalue weighted by Crippen LogP contribution is 2.38. The molecule has 10 nitrogen and oxygen atoms in total. The highest BCUT2D eigenvalue weighted by Gasteiger charge is 2.29. The molecule has 0 aliphatic carbocycles. The lowest BCUT2D eigenvalue weighted by molar-refractivity contribution is -0.120. The Hall–Kier alpha value is -3.60. The summed E-state index contributed by atoms with van der Waals surface area (Å²) >= 11 is 0. The molecule has 0 atom stereocenters. The molecule has 1 saturated heterocycles. The van der Waals surface area contributed by atoms with E-state index in [0.29, 0.717) is 22.6 Å². The van der Waals surface area contributed by atoms with Crippen molar-refractivity contribution in [2.75, 3.05) is 27.2 Å². The lowest BCUT2D eigenvalue weighted by Gasteiger charge is -2.29. The summed E-state index contributed by atoms with van der Waals surface area (Å²) in [5.41, 5.74) is 0.997. The minimum absolute atomic E-state index is 0.0135. The van der Waals surface area contributed by atoms with Crippen LogP contribution in [0.1, 0.15) is 57.0 Å². The van der Waals surface area contributed by atoms with Gasteiger partial charge in [0, 0.05) is 35.6 Å². The maximum Gasteiger partial charge on any atom is 0.328 e. The van der Waals surface area contributed by atoms with Crippen molar-refractivity contribution in [1.82, 2.24) is 5.32 Å². The highest BCUT2D eigenvalue weighted by atomic mass is 32.2. The summed E-state index contributed by atoms with van der Waals surface area (Å²) in [6.07, 6.45) is 0.117. The quantitative estimate of drug-likeness (QED) is 0.441. The third kappa shape index (κ3) is 6.54. The lowest BCUT2D eigenvalue weighted by Crippen LogP contribution is -2.49. The standard InChI is InChI=1S/C25H32N4O6S/c1-15(2)14-36(34,35)28-17-8-6-16(7-9-17)26-23(32)19-12-18(13-20(22(19)31)25(3,4)5)29-11-10-21(30)27-24(29)33/h6-9,12-13,15,28,31H,10-11,14H2,1-5H3,(H,26,32)(H,27,30,33). The van der Waals surface area contributed by atoms with Gasteiger partial charge in [-0.25, -0.2) is 13.2 Å². The Morgan fingerprint density at radius 3 is 2.28 bits per heavy atom. The van der Waals surface area contributed by atoms with E-state index in [1.165, 1.54) is 23.1 Å². The van der Waals surface area contributed by atoms with Crippen molar-refractivity contribution in [3.8, 4) is 5.75 Å².